The maximum Gasteiger partial charge on any atom is 0.339 e. The largest absolute Gasteiger partial charge is 0.463 e. The fourth-order valence-electron chi connectivity index (χ4n) is 1.87. The Bertz CT molecular complexity index is 348. The highest BCUT2D eigenvalue weighted by atomic mass is 16.6. The number of hydrogen-bond acceptors (Lipinski definition) is 3. The van der Waals surface area contributed by atoms with Crippen LogP contribution in [0.25, 0.3) is 0 Å². The molecule has 0 N–H and O–H groups in total. The number of esters is 1. The summed E-state index contributed by atoms with van der Waals surface area (Å²) in [5.41, 5.74) is 0.827. The van der Waals surface area contributed by atoms with Crippen molar-refractivity contribution in [3.05, 3.63) is 35.9 Å². The molecule has 0 spiro atoms. The Labute approximate surface area is 109 Å². The van der Waals surface area contributed by atoms with Crippen LogP contribution in [0.4, 0.5) is 0 Å². The molecule has 0 aromatic heterocycles. The molecule has 0 heterocycles. The molecule has 0 fully saturated rings. The van der Waals surface area contributed by atoms with E-state index in [0.29, 0.717) is 12.5 Å². The molecule has 0 amide bonds. The molecule has 2 atom stereocenters. The molecule has 100 valence electrons. The zero-order chi connectivity index (χ0) is 13.4. The van der Waals surface area contributed by atoms with Crippen LogP contribution in [0.2, 0.25) is 0 Å². The highest BCUT2D eigenvalue weighted by Crippen LogP contribution is 2.18. The van der Waals surface area contributed by atoms with Gasteiger partial charge in [0.05, 0.1) is 6.61 Å². The Kier molecular flexibility index (Phi) is 6.44. The lowest BCUT2D eigenvalue weighted by molar-refractivity contribution is -0.157. The first-order chi connectivity index (χ1) is 8.69. The Morgan fingerprint density at radius 1 is 1.28 bits per heavy atom. The summed E-state index contributed by atoms with van der Waals surface area (Å²) in [6.45, 7) is 4.67. The molecule has 0 aliphatic heterocycles. The lowest BCUT2D eigenvalue weighted by atomic mass is 10.1. The Morgan fingerprint density at radius 2 is 1.94 bits per heavy atom. The van der Waals surface area contributed by atoms with E-state index < -0.39 is 6.10 Å². The first-order valence-corrected chi connectivity index (χ1v) is 6.43. The van der Waals surface area contributed by atoms with Crippen molar-refractivity contribution in [3.63, 3.8) is 0 Å². The van der Waals surface area contributed by atoms with Gasteiger partial charge < -0.3 is 9.47 Å². The first-order valence-electron chi connectivity index (χ1n) is 6.43. The van der Waals surface area contributed by atoms with Crippen LogP contribution in [-0.4, -0.2) is 19.7 Å². The summed E-state index contributed by atoms with van der Waals surface area (Å²) in [7, 11) is 1.52. The van der Waals surface area contributed by atoms with Gasteiger partial charge in [-0.3, -0.25) is 0 Å². The number of hydrogen-bond donors (Lipinski definition) is 0. The van der Waals surface area contributed by atoms with Crippen LogP contribution in [0.3, 0.4) is 0 Å². The predicted octanol–water partition coefficient (Wildman–Crippen LogP) is 3.35. The maximum absolute atomic E-state index is 11.9. The van der Waals surface area contributed by atoms with Crippen molar-refractivity contribution in [2.24, 2.45) is 5.92 Å². The summed E-state index contributed by atoms with van der Waals surface area (Å²) >= 11 is 0. The highest BCUT2D eigenvalue weighted by Gasteiger charge is 2.21. The quantitative estimate of drug-likeness (QED) is 0.696. The summed E-state index contributed by atoms with van der Waals surface area (Å²) in [6.07, 6.45) is 1.54. The smallest absolute Gasteiger partial charge is 0.339 e. The van der Waals surface area contributed by atoms with E-state index in [2.05, 4.69) is 13.8 Å². The Balaban J connectivity index is 2.53. The van der Waals surface area contributed by atoms with Gasteiger partial charge >= 0.3 is 5.97 Å². The highest BCUT2D eigenvalue weighted by molar-refractivity contribution is 5.76. The van der Waals surface area contributed by atoms with Crippen molar-refractivity contribution < 1.29 is 14.3 Å². The van der Waals surface area contributed by atoms with E-state index >= 15 is 0 Å². The molecular formula is C15H22O3. The van der Waals surface area contributed by atoms with Gasteiger partial charge in [-0.2, -0.15) is 0 Å². The van der Waals surface area contributed by atoms with Crippen LogP contribution in [0.1, 0.15) is 38.4 Å². The molecule has 0 bridgehead atoms. The minimum absolute atomic E-state index is 0.313. The van der Waals surface area contributed by atoms with E-state index in [4.69, 9.17) is 9.47 Å². The van der Waals surface area contributed by atoms with Crippen molar-refractivity contribution in [3.8, 4) is 0 Å². The van der Waals surface area contributed by atoms with E-state index in [1.165, 1.54) is 7.11 Å². The molecule has 0 radical (unpaired) electrons. The predicted molar refractivity (Wildman–Crippen MR) is 71.2 cm³/mol. The minimum atomic E-state index is -0.625. The van der Waals surface area contributed by atoms with Gasteiger partial charge in [-0.1, -0.05) is 50.6 Å². The Morgan fingerprint density at radius 3 is 2.50 bits per heavy atom. The van der Waals surface area contributed by atoms with E-state index in [-0.39, 0.29) is 5.97 Å². The second-order valence-corrected chi connectivity index (χ2v) is 4.55. The molecule has 1 rings (SSSR count). The van der Waals surface area contributed by atoms with Crippen molar-refractivity contribution in [2.45, 2.75) is 32.8 Å². The van der Waals surface area contributed by atoms with Crippen molar-refractivity contribution in [1.29, 1.82) is 0 Å². The summed E-state index contributed by atoms with van der Waals surface area (Å²) in [5, 5.41) is 0. The normalized spacial score (nSPS) is 13.9. The van der Waals surface area contributed by atoms with Gasteiger partial charge in [0.15, 0.2) is 6.10 Å². The van der Waals surface area contributed by atoms with Gasteiger partial charge in [0.25, 0.3) is 0 Å². The third-order valence-electron chi connectivity index (χ3n) is 2.84. The van der Waals surface area contributed by atoms with E-state index in [1.807, 2.05) is 30.3 Å². The summed E-state index contributed by atoms with van der Waals surface area (Å²) < 4.78 is 10.5. The summed E-state index contributed by atoms with van der Waals surface area (Å²) in [5.74, 6) is 0.0823. The minimum Gasteiger partial charge on any atom is -0.463 e. The average Bonchev–Trinajstić information content (AvgIpc) is 2.39. The van der Waals surface area contributed by atoms with Crippen LogP contribution in [0.15, 0.2) is 30.3 Å². The van der Waals surface area contributed by atoms with Crippen LogP contribution in [0, 0.1) is 5.92 Å². The van der Waals surface area contributed by atoms with Gasteiger partial charge in [0, 0.05) is 7.11 Å². The monoisotopic (exact) mass is 250 g/mol. The van der Waals surface area contributed by atoms with E-state index in [0.717, 1.165) is 18.4 Å². The molecule has 3 nitrogen and oxygen atoms in total. The number of benzene rings is 1. The number of methoxy groups -OCH3 is 1. The topological polar surface area (TPSA) is 35.5 Å². The number of ether oxygens (including phenoxy) is 2. The number of rotatable bonds is 7. The molecule has 1 aromatic carbocycles. The standard InChI is InChI=1S/C15H22O3/c1-4-8-12(2)11-18-15(16)14(17-3)13-9-6-5-7-10-13/h5-7,9-10,12,14H,4,8,11H2,1-3H3. The van der Waals surface area contributed by atoms with Crippen LogP contribution < -0.4 is 0 Å². The lowest BCUT2D eigenvalue weighted by Gasteiger charge is -2.16. The molecule has 0 saturated carbocycles. The van der Waals surface area contributed by atoms with Gasteiger partial charge in [-0.05, 0) is 17.9 Å². The van der Waals surface area contributed by atoms with Gasteiger partial charge in [-0.15, -0.1) is 0 Å². The second-order valence-electron chi connectivity index (χ2n) is 4.55. The number of carbonyl (C=O) groups excluding carboxylic acids is 1. The van der Waals surface area contributed by atoms with Crippen molar-refractivity contribution >= 4 is 5.97 Å². The van der Waals surface area contributed by atoms with E-state index in [1.54, 1.807) is 0 Å². The maximum atomic E-state index is 11.9. The van der Waals surface area contributed by atoms with Gasteiger partial charge in [0.1, 0.15) is 0 Å². The molecule has 18 heavy (non-hydrogen) atoms. The molecular weight excluding hydrogens is 228 g/mol. The second kappa shape index (κ2) is 7.88. The van der Waals surface area contributed by atoms with Crippen LogP contribution in [-0.2, 0) is 14.3 Å². The SMILES string of the molecule is CCCC(C)COC(=O)C(OC)c1ccccc1. The van der Waals surface area contributed by atoms with Crippen LogP contribution in [0.5, 0.6) is 0 Å². The third-order valence-corrected chi connectivity index (χ3v) is 2.84. The van der Waals surface area contributed by atoms with Crippen LogP contribution >= 0.6 is 0 Å². The zero-order valence-corrected chi connectivity index (χ0v) is 11.4. The molecule has 1 aromatic rings. The molecule has 0 aliphatic carbocycles. The third kappa shape index (κ3) is 4.49. The summed E-state index contributed by atoms with van der Waals surface area (Å²) in [6, 6.07) is 9.41. The van der Waals surface area contributed by atoms with E-state index in [9.17, 15) is 4.79 Å². The van der Waals surface area contributed by atoms with Gasteiger partial charge in [-0.25, -0.2) is 4.79 Å². The molecule has 3 heteroatoms. The zero-order valence-electron chi connectivity index (χ0n) is 11.4. The average molecular weight is 250 g/mol. The molecule has 2 unspecified atom stereocenters. The fraction of sp³-hybridized carbons (Fsp3) is 0.533. The van der Waals surface area contributed by atoms with Crippen molar-refractivity contribution in [2.75, 3.05) is 13.7 Å². The molecule has 0 aliphatic rings. The summed E-state index contributed by atoms with van der Waals surface area (Å²) in [4.78, 5) is 11.9. The van der Waals surface area contributed by atoms with Gasteiger partial charge in [0.2, 0.25) is 0 Å². The number of carbonyl (C=O) groups is 1. The van der Waals surface area contributed by atoms with Crippen molar-refractivity contribution in [1.82, 2.24) is 0 Å². The Hall–Kier alpha value is -1.35. The molecule has 0 saturated heterocycles. The first kappa shape index (κ1) is 14.7. The fourth-order valence-corrected chi connectivity index (χ4v) is 1.87. The lowest BCUT2D eigenvalue weighted by Crippen LogP contribution is -2.20.